The van der Waals surface area contributed by atoms with E-state index in [1.54, 1.807) is 0 Å². The summed E-state index contributed by atoms with van der Waals surface area (Å²) < 4.78 is 0. The molecule has 1 unspecified atom stereocenters. The Bertz CT molecular complexity index is 1720. The first-order valence-electron chi connectivity index (χ1n) is 14.8. The molecule has 6 rings (SSSR count). The van der Waals surface area contributed by atoms with Crippen molar-refractivity contribution in [1.82, 2.24) is 0 Å². The molecule has 0 amide bonds. The van der Waals surface area contributed by atoms with Crippen LogP contribution in [0.1, 0.15) is 27.8 Å². The number of para-hydroxylation sites is 2. The van der Waals surface area contributed by atoms with Crippen LogP contribution in [0.3, 0.4) is 0 Å². The molecule has 1 N–H and O–H groups in total. The van der Waals surface area contributed by atoms with Gasteiger partial charge in [0.25, 0.3) is 0 Å². The monoisotopic (exact) mass is 681 g/mol. The van der Waals surface area contributed by atoms with E-state index in [0.717, 1.165) is 35.2 Å². The molecule has 0 saturated heterocycles. The third kappa shape index (κ3) is 9.57. The molecule has 0 aliphatic rings. The number of benzene rings is 6. The second-order valence-electron chi connectivity index (χ2n) is 10.6. The Balaban J connectivity index is 0.00000128. The fraction of sp³-hybridized carbons (Fsp3) is 0.0769. The molecule has 0 aliphatic carbocycles. The molecule has 0 bridgehead atoms. The zero-order chi connectivity index (χ0) is 31.3. The van der Waals surface area contributed by atoms with Crippen molar-refractivity contribution in [1.29, 1.82) is 0 Å². The maximum atomic E-state index is 11.6. The van der Waals surface area contributed by atoms with E-state index in [9.17, 15) is 5.11 Å². The number of nitrogens with zero attached hydrogens (tertiary/aromatic N) is 1. The second-order valence-corrected chi connectivity index (χ2v) is 14.5. The minimum absolute atomic E-state index is 0.327. The van der Waals surface area contributed by atoms with Crippen molar-refractivity contribution < 1.29 is 22.1 Å². The number of halogens is 2. The molecule has 0 radical (unpaired) electrons. The van der Waals surface area contributed by atoms with Crippen molar-refractivity contribution in [3.05, 3.63) is 186 Å². The molecule has 0 aromatic heterocycles. The quantitative estimate of drug-likeness (QED) is 0.115. The van der Waals surface area contributed by atoms with Crippen LogP contribution in [0.5, 0.6) is 5.75 Å². The first-order chi connectivity index (χ1) is 22.1. The van der Waals surface area contributed by atoms with Crippen LogP contribution in [0.15, 0.2) is 158 Å². The Labute approximate surface area is 285 Å². The Hall–Kier alpha value is -3.36. The number of aromatic hydroxyl groups is 1. The second kappa shape index (κ2) is 17.4. The summed E-state index contributed by atoms with van der Waals surface area (Å²) in [6.07, 6.45) is 1.53. The van der Waals surface area contributed by atoms with Gasteiger partial charge in [-0.25, -0.2) is 0 Å². The van der Waals surface area contributed by atoms with E-state index in [2.05, 4.69) is 157 Å². The number of rotatable bonds is 10. The number of anilines is 2. The van der Waals surface area contributed by atoms with E-state index in [0.29, 0.717) is 20.8 Å². The average Bonchev–Trinajstić information content (AvgIpc) is 3.08. The molecule has 0 spiro atoms. The molecular weight excluding hydrogens is 648 g/mol. The molecule has 0 heterocycles. The summed E-state index contributed by atoms with van der Waals surface area (Å²) in [6, 6.07) is 55.1. The van der Waals surface area contributed by atoms with Gasteiger partial charge in [-0.2, -0.15) is 0 Å². The van der Waals surface area contributed by atoms with Crippen LogP contribution < -0.4 is 15.5 Å². The molecule has 0 saturated carbocycles. The third-order valence-electron chi connectivity index (χ3n) is 7.49. The Morgan fingerprint density at radius 3 is 1.53 bits per heavy atom. The van der Waals surface area contributed by atoms with Crippen molar-refractivity contribution in [3.8, 4) is 5.75 Å². The van der Waals surface area contributed by atoms with E-state index >= 15 is 0 Å². The van der Waals surface area contributed by atoms with Crippen LogP contribution in [0.25, 0.3) is 0 Å². The number of hydrogen-bond donors (Lipinski definition) is 1. The van der Waals surface area contributed by atoms with Crippen molar-refractivity contribution in [2.75, 3.05) is 4.90 Å². The van der Waals surface area contributed by atoms with Crippen LogP contribution in [-0.4, -0.2) is 5.11 Å². The van der Waals surface area contributed by atoms with Gasteiger partial charge < -0.3 is 10.0 Å². The summed E-state index contributed by atoms with van der Waals surface area (Å²) in [5.41, 5.74) is 8.22. The third-order valence-corrected chi connectivity index (χ3v) is 8.90. The van der Waals surface area contributed by atoms with Gasteiger partial charge >= 0.3 is 35.6 Å². The minimum atomic E-state index is -0.556. The van der Waals surface area contributed by atoms with E-state index in [1.807, 2.05) is 6.07 Å². The van der Waals surface area contributed by atoms with Crippen LogP contribution in [0.2, 0.25) is 0 Å². The van der Waals surface area contributed by atoms with Crippen LogP contribution >= 0.6 is 27.2 Å². The molecule has 6 heteroatoms. The standard InChI is InChI=1S/C39H34NOP.2ClH.Ti/c41-39-34(26-31-17-7-2-8-18-31)27-32(25-30-15-5-1-6-16-30)28-38(39)42-37-24-14-13-19-33(37)29-40(35-20-9-3-10-21-35)36-22-11-4-12-23-36;;;/h1-24,27-28,41-42H,25-26,29H2;2*1H;/q;;;+2/p-2. The molecule has 45 heavy (non-hydrogen) atoms. The zero-order valence-corrected chi connectivity index (χ0v) is 28.9. The first-order valence-corrected chi connectivity index (χ1v) is 20.1. The topological polar surface area (TPSA) is 23.5 Å². The van der Waals surface area contributed by atoms with Crippen molar-refractivity contribution >= 4 is 49.2 Å². The fourth-order valence-corrected chi connectivity index (χ4v) is 6.71. The predicted octanol–water partition coefficient (Wildman–Crippen LogP) is 9.92. The van der Waals surface area contributed by atoms with Crippen LogP contribution in [-0.2, 0) is 36.4 Å². The normalized spacial score (nSPS) is 10.7. The Morgan fingerprint density at radius 2 is 0.978 bits per heavy atom. The van der Waals surface area contributed by atoms with Gasteiger partial charge in [0.1, 0.15) is 5.75 Å². The van der Waals surface area contributed by atoms with Crippen LogP contribution in [0.4, 0.5) is 11.4 Å². The Morgan fingerprint density at radius 1 is 0.511 bits per heavy atom. The van der Waals surface area contributed by atoms with Gasteiger partial charge in [0.05, 0.1) is 0 Å². The van der Waals surface area contributed by atoms with Gasteiger partial charge in [-0.3, -0.25) is 0 Å². The zero-order valence-electron chi connectivity index (χ0n) is 24.8. The summed E-state index contributed by atoms with van der Waals surface area (Å²) in [6.45, 7) is 0.735. The number of phenols is 1. The fourth-order valence-electron chi connectivity index (χ4n) is 5.38. The summed E-state index contributed by atoms with van der Waals surface area (Å²) in [5, 5.41) is 13.9. The van der Waals surface area contributed by atoms with Gasteiger partial charge in [-0.15, -0.1) is 0 Å². The van der Waals surface area contributed by atoms with Crippen molar-refractivity contribution in [2.45, 2.75) is 19.4 Å². The van der Waals surface area contributed by atoms with Crippen molar-refractivity contribution in [2.24, 2.45) is 0 Å². The maximum absolute atomic E-state index is 11.6. The number of phenolic OH excluding ortho intramolecular Hbond substituents is 1. The van der Waals surface area contributed by atoms with Crippen LogP contribution in [0, 0.1) is 0 Å². The molecule has 0 aliphatic heterocycles. The van der Waals surface area contributed by atoms with Gasteiger partial charge in [0, 0.05) is 29.6 Å². The summed E-state index contributed by atoms with van der Waals surface area (Å²) in [5.74, 6) is 0.409. The van der Waals surface area contributed by atoms with Gasteiger partial charge in [0.2, 0.25) is 0 Å². The van der Waals surface area contributed by atoms with E-state index in [1.165, 1.54) is 27.6 Å². The predicted molar refractivity (Wildman–Crippen MR) is 191 cm³/mol. The molecule has 6 aromatic carbocycles. The van der Waals surface area contributed by atoms with Gasteiger partial charge in [-0.05, 0) is 69.9 Å². The molecule has 1 atom stereocenters. The average molecular weight is 682 g/mol. The number of hydrogen-bond acceptors (Lipinski definition) is 2. The van der Waals surface area contributed by atoms with Gasteiger partial charge in [-0.1, -0.05) is 136 Å². The van der Waals surface area contributed by atoms with Gasteiger partial charge in [0.15, 0.2) is 0 Å². The molecule has 6 aromatic rings. The molecule has 224 valence electrons. The molecular formula is C39H34Cl2NOPTi. The summed E-state index contributed by atoms with van der Waals surface area (Å²) in [4.78, 5) is 2.36. The van der Waals surface area contributed by atoms with E-state index in [-0.39, 0.29) is 0 Å². The molecule has 0 fully saturated rings. The summed E-state index contributed by atoms with van der Waals surface area (Å²) in [7, 11) is 10.1. The SMILES string of the molecule is Oc1c(Cc2ccccc2)cc(Cc2ccccc2)cc1Pc1ccccc1CN(c1ccccc1)c1ccccc1.[Cl][Ti][Cl]. The summed E-state index contributed by atoms with van der Waals surface area (Å²) >= 11 is -0.556. The first kappa shape index (κ1) is 33.0. The van der Waals surface area contributed by atoms with E-state index < -0.39 is 17.0 Å². The Kier molecular flexibility index (Phi) is 12.7. The van der Waals surface area contributed by atoms with E-state index in [4.69, 9.17) is 18.6 Å². The molecule has 2 nitrogen and oxygen atoms in total. The van der Waals surface area contributed by atoms with Crippen molar-refractivity contribution in [3.63, 3.8) is 0 Å².